The van der Waals surface area contributed by atoms with E-state index >= 15 is 0 Å². The molecule has 0 saturated heterocycles. The van der Waals surface area contributed by atoms with Crippen LogP contribution >= 0.6 is 22.9 Å². The van der Waals surface area contributed by atoms with Crippen molar-refractivity contribution in [3.05, 3.63) is 23.1 Å². The zero-order valence-corrected chi connectivity index (χ0v) is 16.3. The Hall–Kier alpha value is 0.876. The molecule has 94 valence electrons. The van der Waals surface area contributed by atoms with E-state index in [2.05, 4.69) is 28.2 Å². The maximum atomic E-state index is 8.24. The molecule has 2 rings (SSSR count). The summed E-state index contributed by atoms with van der Waals surface area (Å²) < 4.78 is 1.90. The zero-order valence-electron chi connectivity index (χ0n) is 11.0. The summed E-state index contributed by atoms with van der Waals surface area (Å²) in [6.45, 7) is 0. The summed E-state index contributed by atoms with van der Waals surface area (Å²) in [7, 11) is 3.71. The third-order valence-electron chi connectivity index (χ3n) is 3.33. The van der Waals surface area contributed by atoms with Crippen LogP contribution in [0.15, 0.2) is 12.3 Å². The van der Waals surface area contributed by atoms with Crippen LogP contribution in [-0.2, 0) is 0 Å². The van der Waals surface area contributed by atoms with E-state index in [4.69, 9.17) is 11.1 Å². The molecule has 0 atom stereocenters. The van der Waals surface area contributed by atoms with Crippen molar-refractivity contribution in [2.24, 2.45) is 5.73 Å². The SMILES string of the molecule is C[N-]c1c(C(=N)N(C)C2CC(N)C2)ccn1I.[K+]. The van der Waals surface area contributed by atoms with E-state index in [9.17, 15) is 0 Å². The molecule has 1 heterocycles. The van der Waals surface area contributed by atoms with Gasteiger partial charge < -0.3 is 18.7 Å². The first-order valence-corrected chi connectivity index (χ1v) is 6.55. The largest absolute Gasteiger partial charge is 1.00 e. The van der Waals surface area contributed by atoms with Crippen molar-refractivity contribution in [1.82, 2.24) is 7.68 Å². The van der Waals surface area contributed by atoms with Crippen LogP contribution in [0.2, 0.25) is 0 Å². The Kier molecular flexibility index (Phi) is 6.63. The smallest absolute Gasteiger partial charge is 0.468 e. The van der Waals surface area contributed by atoms with Crippen molar-refractivity contribution in [3.63, 3.8) is 0 Å². The number of nitrogens with one attached hydrogen (secondary N) is 1. The predicted molar refractivity (Wildman–Crippen MR) is 78.4 cm³/mol. The third-order valence-corrected chi connectivity index (χ3v) is 4.11. The Morgan fingerprint density at radius 2 is 2.22 bits per heavy atom. The van der Waals surface area contributed by atoms with Crippen LogP contribution in [0.1, 0.15) is 18.4 Å². The van der Waals surface area contributed by atoms with Crippen molar-refractivity contribution >= 4 is 34.5 Å². The first-order chi connectivity index (χ1) is 8.04. The van der Waals surface area contributed by atoms with Gasteiger partial charge in [0.15, 0.2) is 0 Å². The molecule has 5 nitrogen and oxygen atoms in total. The van der Waals surface area contributed by atoms with E-state index in [1.54, 1.807) is 7.05 Å². The topological polar surface area (TPSA) is 72.1 Å². The molecule has 1 aromatic rings. The molecular weight excluding hydrogens is 368 g/mol. The van der Waals surface area contributed by atoms with E-state index < -0.39 is 0 Å². The van der Waals surface area contributed by atoms with Gasteiger partial charge in [0.1, 0.15) is 5.84 Å². The molecule has 0 unspecified atom stereocenters. The average Bonchev–Trinajstić information content (AvgIpc) is 2.64. The molecule has 0 amide bonds. The van der Waals surface area contributed by atoms with Crippen molar-refractivity contribution in [1.29, 1.82) is 5.41 Å². The van der Waals surface area contributed by atoms with Crippen LogP contribution in [0.5, 0.6) is 0 Å². The Morgan fingerprint density at radius 3 is 2.72 bits per heavy atom. The number of aromatic nitrogens is 1. The van der Waals surface area contributed by atoms with Gasteiger partial charge >= 0.3 is 51.4 Å². The summed E-state index contributed by atoms with van der Waals surface area (Å²) in [5, 5.41) is 12.5. The van der Waals surface area contributed by atoms with E-state index in [1.165, 1.54) is 0 Å². The van der Waals surface area contributed by atoms with Crippen LogP contribution in [0.4, 0.5) is 5.82 Å². The average molecular weight is 385 g/mol. The number of hydrogen-bond acceptors (Lipinski definition) is 2. The molecule has 1 fully saturated rings. The quantitative estimate of drug-likeness (QED) is 0.306. The zero-order chi connectivity index (χ0) is 12.6. The first-order valence-electron chi connectivity index (χ1n) is 5.59. The van der Waals surface area contributed by atoms with Crippen LogP contribution < -0.4 is 57.1 Å². The third kappa shape index (κ3) is 3.30. The van der Waals surface area contributed by atoms with Crippen LogP contribution in [0, 0.1) is 5.41 Å². The predicted octanol–water partition coefficient (Wildman–Crippen LogP) is -0.928. The summed E-state index contributed by atoms with van der Waals surface area (Å²) in [5.74, 6) is 1.36. The second kappa shape index (κ2) is 7.05. The van der Waals surface area contributed by atoms with Crippen molar-refractivity contribution in [2.45, 2.75) is 24.9 Å². The molecule has 0 radical (unpaired) electrons. The standard InChI is InChI=1S/C11H17IN5.K/c1-15-11-9(3-4-17(11)12)10(14)16(2)8-5-7(13)6-8;/h3-4,7-8,14H,5-6,13H2,1-2H3;/q-1;+1. The second-order valence-electron chi connectivity index (χ2n) is 4.43. The fourth-order valence-corrected chi connectivity index (χ4v) is 2.76. The molecule has 1 aliphatic rings. The minimum absolute atomic E-state index is 0. The van der Waals surface area contributed by atoms with E-state index in [0.29, 0.717) is 17.9 Å². The summed E-state index contributed by atoms with van der Waals surface area (Å²) in [6, 6.07) is 2.64. The monoisotopic (exact) mass is 385 g/mol. The fraction of sp³-hybridized carbons (Fsp3) is 0.545. The van der Waals surface area contributed by atoms with Gasteiger partial charge in [0.2, 0.25) is 0 Å². The van der Waals surface area contributed by atoms with Gasteiger partial charge in [0.05, 0.1) is 0 Å². The Morgan fingerprint density at radius 1 is 1.61 bits per heavy atom. The molecule has 1 aliphatic carbocycles. The minimum atomic E-state index is 0. The summed E-state index contributed by atoms with van der Waals surface area (Å²) in [5.41, 5.74) is 6.66. The van der Waals surface area contributed by atoms with Gasteiger partial charge in [-0.1, -0.05) is 42.2 Å². The molecule has 0 aromatic carbocycles. The molecule has 0 aliphatic heterocycles. The van der Waals surface area contributed by atoms with Crippen LogP contribution in [-0.4, -0.2) is 39.7 Å². The van der Waals surface area contributed by atoms with Gasteiger partial charge in [-0.3, -0.25) is 5.41 Å². The van der Waals surface area contributed by atoms with Gasteiger partial charge in [-0.25, -0.2) is 0 Å². The second-order valence-corrected chi connectivity index (χ2v) is 5.47. The maximum absolute atomic E-state index is 8.24. The molecule has 0 bridgehead atoms. The van der Waals surface area contributed by atoms with Gasteiger partial charge in [-0.15, -0.1) is 0 Å². The number of hydrogen-bond donors (Lipinski definition) is 2. The number of amidine groups is 1. The van der Waals surface area contributed by atoms with Gasteiger partial charge in [0.25, 0.3) is 0 Å². The Bertz CT molecular complexity index is 427. The van der Waals surface area contributed by atoms with E-state index in [-0.39, 0.29) is 51.4 Å². The number of nitrogens with two attached hydrogens (primary N) is 1. The first kappa shape index (κ1) is 16.9. The van der Waals surface area contributed by atoms with Gasteiger partial charge in [0, 0.05) is 24.7 Å². The molecule has 7 heteroatoms. The van der Waals surface area contributed by atoms with Gasteiger partial charge in [-0.2, -0.15) is 0 Å². The van der Waals surface area contributed by atoms with Crippen molar-refractivity contribution < 1.29 is 51.4 Å². The van der Waals surface area contributed by atoms with E-state index in [1.807, 2.05) is 27.0 Å². The minimum Gasteiger partial charge on any atom is -0.468 e. The molecular formula is C11H17IKN5. The molecule has 1 aromatic heterocycles. The van der Waals surface area contributed by atoms with Crippen molar-refractivity contribution in [3.8, 4) is 0 Å². The Labute approximate surface area is 164 Å². The molecule has 0 spiro atoms. The molecule has 18 heavy (non-hydrogen) atoms. The van der Waals surface area contributed by atoms with E-state index in [0.717, 1.165) is 24.2 Å². The number of nitrogens with zero attached hydrogens (tertiary/aromatic N) is 3. The van der Waals surface area contributed by atoms with Crippen LogP contribution in [0.25, 0.3) is 5.32 Å². The summed E-state index contributed by atoms with van der Waals surface area (Å²) in [6.07, 6.45) is 3.87. The number of halogens is 1. The maximum Gasteiger partial charge on any atom is 1.00 e. The Balaban J connectivity index is 0.00000162. The molecule has 3 N–H and O–H groups in total. The number of rotatable bonds is 3. The summed E-state index contributed by atoms with van der Waals surface area (Å²) >= 11 is 2.17. The normalized spacial score (nSPS) is 21.8. The summed E-state index contributed by atoms with van der Waals surface area (Å²) in [4.78, 5) is 2.00. The molecule has 1 saturated carbocycles. The van der Waals surface area contributed by atoms with Gasteiger partial charge in [-0.05, 0) is 18.7 Å². The van der Waals surface area contributed by atoms with Crippen molar-refractivity contribution in [2.75, 3.05) is 14.1 Å². The van der Waals surface area contributed by atoms with Crippen LogP contribution in [0.3, 0.4) is 0 Å². The fourth-order valence-electron chi connectivity index (χ4n) is 2.12.